The summed E-state index contributed by atoms with van der Waals surface area (Å²) in [5.74, 6) is 1.23. The number of amides is 2. The molecule has 1 N–H and O–H groups in total. The maximum atomic E-state index is 13.1. The zero-order chi connectivity index (χ0) is 19.6. The average Bonchev–Trinajstić information content (AvgIpc) is 3.42. The predicted molar refractivity (Wildman–Crippen MR) is 110 cm³/mol. The summed E-state index contributed by atoms with van der Waals surface area (Å²) in [6, 6.07) is 8.25. The number of nitrogens with one attached hydrogen (secondary N) is 1. The number of piperidine rings is 1. The van der Waals surface area contributed by atoms with Crippen molar-refractivity contribution < 1.29 is 9.59 Å². The number of carbonyl (C=O) groups is 2. The molecule has 4 rings (SSSR count). The lowest BCUT2D eigenvalue weighted by Crippen LogP contribution is -2.50. The van der Waals surface area contributed by atoms with E-state index < -0.39 is 0 Å². The molecule has 1 aliphatic carbocycles. The van der Waals surface area contributed by atoms with Gasteiger partial charge in [0, 0.05) is 39.1 Å². The van der Waals surface area contributed by atoms with E-state index >= 15 is 0 Å². The molecule has 2 heterocycles. The summed E-state index contributed by atoms with van der Waals surface area (Å²) in [6.45, 7) is 7.08. The van der Waals surface area contributed by atoms with Gasteiger partial charge in [-0.1, -0.05) is 29.8 Å². The third kappa shape index (κ3) is 4.57. The van der Waals surface area contributed by atoms with Gasteiger partial charge in [0.1, 0.15) is 0 Å². The first kappa shape index (κ1) is 19.4. The topological polar surface area (TPSA) is 52.7 Å². The molecule has 0 unspecified atom stereocenters. The molecule has 0 radical (unpaired) electrons. The quantitative estimate of drug-likeness (QED) is 0.788. The number of hydrogen-bond donors (Lipinski definition) is 1. The zero-order valence-corrected chi connectivity index (χ0v) is 17.1. The number of aryl methyl sites for hydroxylation is 1. The molecule has 1 spiro atoms. The molecule has 1 aromatic carbocycles. The van der Waals surface area contributed by atoms with E-state index in [1.165, 1.54) is 18.4 Å². The number of rotatable bonds is 7. The van der Waals surface area contributed by atoms with Crippen molar-refractivity contribution in [1.29, 1.82) is 0 Å². The van der Waals surface area contributed by atoms with Crippen LogP contribution in [0.5, 0.6) is 0 Å². The van der Waals surface area contributed by atoms with Gasteiger partial charge in [0.05, 0.1) is 5.41 Å². The molecule has 1 saturated carbocycles. The molecular formula is C23H33N3O2. The molecule has 5 nitrogen and oxygen atoms in total. The molecule has 28 heavy (non-hydrogen) atoms. The Bertz CT molecular complexity index is 713. The van der Waals surface area contributed by atoms with Crippen LogP contribution in [0.15, 0.2) is 24.3 Å². The molecule has 2 amide bonds. The van der Waals surface area contributed by atoms with E-state index in [1.54, 1.807) is 0 Å². The predicted octanol–water partition coefficient (Wildman–Crippen LogP) is 2.73. The van der Waals surface area contributed by atoms with E-state index in [2.05, 4.69) is 46.3 Å². The molecule has 3 aliphatic rings. The smallest absolute Gasteiger partial charge is 0.230 e. The number of nitrogens with zero attached hydrogens (tertiary/aromatic N) is 2. The Morgan fingerprint density at radius 3 is 2.71 bits per heavy atom. The lowest BCUT2D eigenvalue weighted by molar-refractivity contribution is -0.145. The van der Waals surface area contributed by atoms with Crippen molar-refractivity contribution in [3.05, 3.63) is 35.4 Å². The van der Waals surface area contributed by atoms with Crippen molar-refractivity contribution in [3.63, 3.8) is 0 Å². The fourth-order valence-electron chi connectivity index (χ4n) is 4.72. The lowest BCUT2D eigenvalue weighted by Gasteiger charge is -2.39. The fourth-order valence-corrected chi connectivity index (χ4v) is 4.72. The largest absolute Gasteiger partial charge is 0.352 e. The third-order valence-corrected chi connectivity index (χ3v) is 6.70. The number of hydrogen-bond acceptors (Lipinski definition) is 3. The standard InChI is InChI=1S/C23H33N3O2/c1-18-3-5-19(6-4-18)15-24-21(27)9-13-25-14-11-23(17-25)10-2-12-26(22(23)28)16-20-7-8-20/h3-6,20H,2,7-17H2,1H3,(H,24,27)/t23-/m0/s1. The van der Waals surface area contributed by atoms with Crippen LogP contribution in [0.4, 0.5) is 0 Å². The maximum Gasteiger partial charge on any atom is 0.230 e. The van der Waals surface area contributed by atoms with Gasteiger partial charge in [-0.3, -0.25) is 9.59 Å². The van der Waals surface area contributed by atoms with E-state index in [9.17, 15) is 9.59 Å². The Balaban J connectivity index is 1.22. The second kappa shape index (κ2) is 8.24. The summed E-state index contributed by atoms with van der Waals surface area (Å²) in [5.41, 5.74) is 2.18. The van der Waals surface area contributed by atoms with Gasteiger partial charge in [-0.15, -0.1) is 0 Å². The van der Waals surface area contributed by atoms with Gasteiger partial charge in [-0.2, -0.15) is 0 Å². The van der Waals surface area contributed by atoms with Crippen LogP contribution in [0.2, 0.25) is 0 Å². The van der Waals surface area contributed by atoms with Crippen LogP contribution >= 0.6 is 0 Å². The van der Waals surface area contributed by atoms with Crippen LogP contribution in [0.3, 0.4) is 0 Å². The Kier molecular flexibility index (Phi) is 5.72. The summed E-state index contributed by atoms with van der Waals surface area (Å²) in [7, 11) is 0. The maximum absolute atomic E-state index is 13.1. The lowest BCUT2D eigenvalue weighted by atomic mass is 9.78. The minimum atomic E-state index is -0.175. The normalized spacial score (nSPS) is 25.5. The van der Waals surface area contributed by atoms with Crippen LogP contribution in [0.1, 0.15) is 49.7 Å². The SMILES string of the molecule is Cc1ccc(CNC(=O)CCN2CC[C@@]3(CCCN(CC4CC4)C3=O)C2)cc1. The summed E-state index contributed by atoms with van der Waals surface area (Å²) in [5, 5.41) is 3.02. The zero-order valence-electron chi connectivity index (χ0n) is 17.1. The second-order valence-corrected chi connectivity index (χ2v) is 9.12. The third-order valence-electron chi connectivity index (χ3n) is 6.70. The summed E-state index contributed by atoms with van der Waals surface area (Å²) in [6.07, 6.45) is 6.19. The van der Waals surface area contributed by atoms with E-state index in [1.807, 2.05) is 0 Å². The Hall–Kier alpha value is -1.88. The van der Waals surface area contributed by atoms with Gasteiger partial charge in [-0.05, 0) is 57.1 Å². The number of likely N-dealkylation sites (tertiary alicyclic amines) is 2. The number of benzene rings is 1. The minimum absolute atomic E-state index is 0.0897. The molecule has 3 fully saturated rings. The molecule has 0 aromatic heterocycles. The average molecular weight is 384 g/mol. The van der Waals surface area contributed by atoms with Gasteiger partial charge in [0.25, 0.3) is 0 Å². The van der Waals surface area contributed by atoms with Crippen molar-refractivity contribution in [2.75, 3.05) is 32.7 Å². The molecule has 152 valence electrons. The highest BCUT2D eigenvalue weighted by Gasteiger charge is 2.48. The molecule has 1 aromatic rings. The monoisotopic (exact) mass is 383 g/mol. The number of carbonyl (C=O) groups excluding carboxylic acids is 2. The first-order valence-electron chi connectivity index (χ1n) is 10.9. The second-order valence-electron chi connectivity index (χ2n) is 9.12. The highest BCUT2D eigenvalue weighted by Crippen LogP contribution is 2.41. The van der Waals surface area contributed by atoms with E-state index in [4.69, 9.17) is 0 Å². The van der Waals surface area contributed by atoms with E-state index in [0.717, 1.165) is 63.5 Å². The Labute approximate surface area is 168 Å². The van der Waals surface area contributed by atoms with Crippen LogP contribution in [-0.4, -0.2) is 54.3 Å². The fraction of sp³-hybridized carbons (Fsp3) is 0.652. The van der Waals surface area contributed by atoms with E-state index in [0.29, 0.717) is 18.9 Å². The van der Waals surface area contributed by atoms with Crippen LogP contribution < -0.4 is 5.32 Å². The van der Waals surface area contributed by atoms with Gasteiger partial charge in [0.15, 0.2) is 0 Å². The van der Waals surface area contributed by atoms with Crippen molar-refractivity contribution in [2.45, 2.75) is 52.0 Å². The van der Waals surface area contributed by atoms with Crippen molar-refractivity contribution in [1.82, 2.24) is 15.1 Å². The Morgan fingerprint density at radius 1 is 1.18 bits per heavy atom. The summed E-state index contributed by atoms with van der Waals surface area (Å²) >= 11 is 0. The van der Waals surface area contributed by atoms with Crippen molar-refractivity contribution in [3.8, 4) is 0 Å². The van der Waals surface area contributed by atoms with Crippen molar-refractivity contribution >= 4 is 11.8 Å². The van der Waals surface area contributed by atoms with Crippen molar-refractivity contribution in [2.24, 2.45) is 11.3 Å². The highest BCUT2D eigenvalue weighted by molar-refractivity contribution is 5.84. The highest BCUT2D eigenvalue weighted by atomic mass is 16.2. The Morgan fingerprint density at radius 2 is 1.96 bits per heavy atom. The van der Waals surface area contributed by atoms with Crippen LogP contribution in [0, 0.1) is 18.3 Å². The molecular weight excluding hydrogens is 350 g/mol. The van der Waals surface area contributed by atoms with Gasteiger partial charge >= 0.3 is 0 Å². The van der Waals surface area contributed by atoms with Gasteiger partial charge in [0.2, 0.25) is 11.8 Å². The van der Waals surface area contributed by atoms with Gasteiger partial charge < -0.3 is 15.1 Å². The first-order chi connectivity index (χ1) is 13.5. The summed E-state index contributed by atoms with van der Waals surface area (Å²) < 4.78 is 0. The van der Waals surface area contributed by atoms with Gasteiger partial charge in [-0.25, -0.2) is 0 Å². The van der Waals surface area contributed by atoms with Crippen LogP contribution in [-0.2, 0) is 16.1 Å². The van der Waals surface area contributed by atoms with Crippen LogP contribution in [0.25, 0.3) is 0 Å². The minimum Gasteiger partial charge on any atom is -0.352 e. The molecule has 0 bridgehead atoms. The molecule has 1 atom stereocenters. The van der Waals surface area contributed by atoms with E-state index in [-0.39, 0.29) is 11.3 Å². The summed E-state index contributed by atoms with van der Waals surface area (Å²) in [4.78, 5) is 29.8. The first-order valence-corrected chi connectivity index (χ1v) is 10.9. The molecule has 2 saturated heterocycles. The molecule has 2 aliphatic heterocycles. The molecule has 5 heteroatoms.